The Kier molecular flexibility index (Phi) is 7.74. The summed E-state index contributed by atoms with van der Waals surface area (Å²) in [6, 6.07) is 69.1. The lowest BCUT2D eigenvalue weighted by atomic mass is 9.70. The molecule has 4 heteroatoms. The number of furan rings is 1. The first kappa shape index (κ1) is 36.5. The lowest BCUT2D eigenvalue weighted by Crippen LogP contribution is -2.48. The van der Waals surface area contributed by atoms with E-state index in [0.717, 1.165) is 47.7 Å². The summed E-state index contributed by atoms with van der Waals surface area (Å²) >= 11 is 0. The van der Waals surface area contributed by atoms with Gasteiger partial charge < -0.3 is 14.2 Å². The highest BCUT2D eigenvalue weighted by Gasteiger charge is 2.52. The fourth-order valence-electron chi connectivity index (χ4n) is 12.0. The van der Waals surface area contributed by atoms with Gasteiger partial charge in [0.1, 0.15) is 11.3 Å². The molecule has 1 atom stereocenters. The highest BCUT2D eigenvalue weighted by atomic mass is 16.3. The Bertz CT molecular complexity index is 3510. The van der Waals surface area contributed by atoms with Gasteiger partial charge in [-0.1, -0.05) is 170 Å². The number of hydrogen-bond donors (Lipinski definition) is 0. The number of aliphatic imine (C=N–C) groups is 1. The molecule has 4 nitrogen and oxygen atoms in total. The molecule has 1 spiro atoms. The highest BCUT2D eigenvalue weighted by Crippen LogP contribution is 2.63. The monoisotopic (exact) mass is 833 g/mol. The number of nitrogens with zero attached hydrogens (tertiary/aromatic N) is 3. The molecule has 308 valence electrons. The lowest BCUT2D eigenvalue weighted by molar-refractivity contribution is 0.336. The Morgan fingerprint density at radius 2 is 1.14 bits per heavy atom. The minimum atomic E-state index is -0.398. The smallest absolute Gasteiger partial charge is 0.199 e. The van der Waals surface area contributed by atoms with Crippen molar-refractivity contribution in [1.82, 2.24) is 4.90 Å². The van der Waals surface area contributed by atoms with Crippen molar-refractivity contribution in [2.75, 3.05) is 11.9 Å². The standard InChI is InChI=1S/C61H43N3O/c1-63-56(39-18-6-3-7-19-39)36-55(38-16-4-2-5-17-38)62-60(63)64-37-42-20-8-9-21-43(42)47-30-28-40(32-57(47)64)41-29-31-48-50-34-49-46-24-12-15-27-53(46)61(54(49)35-59(50)65-58(48)33-41)51-25-13-10-22-44(51)45-23-11-14-26-52(45)61/h2-28,30,32-36,60H,29,31,37H2,1H3. The number of benzene rings is 8. The van der Waals surface area contributed by atoms with E-state index in [4.69, 9.17) is 9.41 Å². The Hall–Kier alpha value is -7.95. The summed E-state index contributed by atoms with van der Waals surface area (Å²) in [5.41, 5.74) is 24.4. The quantitative estimate of drug-likeness (QED) is 0.177. The molecule has 0 fully saturated rings. The fraction of sp³-hybridized carbons (Fsp3) is 0.0984. The van der Waals surface area contributed by atoms with Gasteiger partial charge in [0.05, 0.1) is 11.1 Å². The third-order valence-electron chi connectivity index (χ3n) is 14.9. The van der Waals surface area contributed by atoms with Crippen LogP contribution < -0.4 is 4.90 Å². The van der Waals surface area contributed by atoms with E-state index < -0.39 is 5.41 Å². The first-order chi connectivity index (χ1) is 32.1. The van der Waals surface area contributed by atoms with Crippen molar-refractivity contribution >= 4 is 39.7 Å². The van der Waals surface area contributed by atoms with Crippen LogP contribution in [0.5, 0.6) is 0 Å². The molecular weight excluding hydrogens is 791 g/mol. The van der Waals surface area contributed by atoms with Crippen molar-refractivity contribution in [3.05, 3.63) is 250 Å². The van der Waals surface area contributed by atoms with Crippen LogP contribution in [0.3, 0.4) is 0 Å². The lowest BCUT2D eigenvalue weighted by Gasteiger charge is -2.44. The molecular formula is C61H43N3O. The number of fused-ring (bicyclic) bond motifs is 16. The van der Waals surface area contributed by atoms with Crippen LogP contribution in [-0.2, 0) is 18.4 Å². The Morgan fingerprint density at radius 1 is 0.523 bits per heavy atom. The van der Waals surface area contributed by atoms with Gasteiger partial charge in [-0.25, -0.2) is 4.99 Å². The molecule has 8 aromatic carbocycles. The summed E-state index contributed by atoms with van der Waals surface area (Å²) in [5.74, 6) is 0.973. The minimum absolute atomic E-state index is 0.274. The summed E-state index contributed by atoms with van der Waals surface area (Å²) in [6.07, 6.45) is 6.13. The first-order valence-electron chi connectivity index (χ1n) is 22.9. The van der Waals surface area contributed by atoms with Crippen molar-refractivity contribution in [2.24, 2.45) is 4.99 Å². The summed E-state index contributed by atoms with van der Waals surface area (Å²) in [5, 5.41) is 1.23. The third kappa shape index (κ3) is 5.17. The number of aryl methyl sites for hydroxylation is 1. The first-order valence-corrected chi connectivity index (χ1v) is 22.9. The highest BCUT2D eigenvalue weighted by molar-refractivity contribution is 6.13. The number of rotatable bonds is 4. The Morgan fingerprint density at radius 3 is 1.85 bits per heavy atom. The molecule has 65 heavy (non-hydrogen) atoms. The predicted molar refractivity (Wildman–Crippen MR) is 266 cm³/mol. The summed E-state index contributed by atoms with van der Waals surface area (Å²) in [7, 11) is 2.19. The Labute approximate surface area is 378 Å². The molecule has 0 bridgehead atoms. The van der Waals surface area contributed by atoms with Crippen molar-refractivity contribution in [1.29, 1.82) is 0 Å². The number of anilines is 1. The second kappa shape index (κ2) is 13.8. The van der Waals surface area contributed by atoms with Gasteiger partial charge in [-0.05, 0) is 121 Å². The van der Waals surface area contributed by atoms with Crippen LogP contribution in [0, 0.1) is 0 Å². The maximum Gasteiger partial charge on any atom is 0.199 e. The van der Waals surface area contributed by atoms with Crippen molar-refractivity contribution < 1.29 is 4.42 Å². The average molecular weight is 834 g/mol. The fourth-order valence-corrected chi connectivity index (χ4v) is 12.0. The molecule has 0 saturated carbocycles. The van der Waals surface area contributed by atoms with Gasteiger partial charge in [-0.15, -0.1) is 0 Å². The SMILES string of the molecule is CN1C(c2ccccc2)=CC(c2ccccc2)=NC1N1Cc2ccccc2-c2ccc(C3=Cc4oc5cc6c(cc5c4CC3)-c3ccccc3C63c4ccccc4-c4ccccc43)cc21. The van der Waals surface area contributed by atoms with Gasteiger partial charge in [0.15, 0.2) is 6.29 Å². The molecule has 3 aliphatic carbocycles. The molecule has 0 amide bonds. The largest absolute Gasteiger partial charge is 0.456 e. The third-order valence-corrected chi connectivity index (χ3v) is 14.9. The molecule has 14 rings (SSSR count). The van der Waals surface area contributed by atoms with E-state index in [9.17, 15) is 0 Å². The van der Waals surface area contributed by atoms with E-state index in [1.165, 1.54) is 94.5 Å². The molecule has 1 unspecified atom stereocenters. The zero-order valence-electron chi connectivity index (χ0n) is 36.0. The van der Waals surface area contributed by atoms with Gasteiger partial charge in [0, 0.05) is 41.5 Å². The van der Waals surface area contributed by atoms with Gasteiger partial charge >= 0.3 is 0 Å². The molecule has 0 radical (unpaired) electrons. The zero-order chi connectivity index (χ0) is 42.8. The van der Waals surface area contributed by atoms with E-state index in [2.05, 4.69) is 217 Å². The zero-order valence-corrected chi connectivity index (χ0v) is 36.0. The molecule has 3 heterocycles. The van der Waals surface area contributed by atoms with Crippen LogP contribution >= 0.6 is 0 Å². The predicted octanol–water partition coefficient (Wildman–Crippen LogP) is 14.0. The van der Waals surface area contributed by atoms with Gasteiger partial charge in [-0.3, -0.25) is 0 Å². The number of allylic oxidation sites excluding steroid dienone is 2. The minimum Gasteiger partial charge on any atom is -0.456 e. The topological polar surface area (TPSA) is 32.0 Å². The second-order valence-electron chi connectivity index (χ2n) is 18.1. The van der Waals surface area contributed by atoms with E-state index in [-0.39, 0.29) is 6.29 Å². The van der Waals surface area contributed by atoms with Crippen LogP contribution in [-0.4, -0.2) is 23.9 Å². The molecule has 1 aromatic heterocycles. The summed E-state index contributed by atoms with van der Waals surface area (Å²) in [6.45, 7) is 0.742. The van der Waals surface area contributed by atoms with Crippen LogP contribution in [0.4, 0.5) is 5.69 Å². The average Bonchev–Trinajstić information content (AvgIpc) is 3.99. The number of hydrogen-bond acceptors (Lipinski definition) is 4. The van der Waals surface area contributed by atoms with Crippen LogP contribution in [0.15, 0.2) is 204 Å². The molecule has 0 N–H and O–H groups in total. The van der Waals surface area contributed by atoms with Gasteiger partial charge in [0.2, 0.25) is 0 Å². The van der Waals surface area contributed by atoms with Crippen LogP contribution in [0.2, 0.25) is 0 Å². The molecule has 2 aliphatic heterocycles. The van der Waals surface area contributed by atoms with Crippen LogP contribution in [0.25, 0.3) is 61.7 Å². The molecule has 0 saturated heterocycles. The van der Waals surface area contributed by atoms with Crippen molar-refractivity contribution in [3.63, 3.8) is 0 Å². The summed E-state index contributed by atoms with van der Waals surface area (Å²) in [4.78, 5) is 10.4. The van der Waals surface area contributed by atoms with Gasteiger partial charge in [-0.2, -0.15) is 0 Å². The van der Waals surface area contributed by atoms with Crippen molar-refractivity contribution in [2.45, 2.75) is 31.1 Å². The van der Waals surface area contributed by atoms with E-state index in [1.54, 1.807) is 0 Å². The van der Waals surface area contributed by atoms with E-state index in [1.807, 2.05) is 0 Å². The van der Waals surface area contributed by atoms with E-state index >= 15 is 0 Å². The van der Waals surface area contributed by atoms with Crippen molar-refractivity contribution in [3.8, 4) is 33.4 Å². The summed E-state index contributed by atoms with van der Waals surface area (Å²) < 4.78 is 7.02. The molecule has 5 aliphatic rings. The maximum atomic E-state index is 7.02. The normalized spacial score (nSPS) is 17.0. The Balaban J connectivity index is 0.896. The van der Waals surface area contributed by atoms with E-state index in [0.29, 0.717) is 0 Å². The van der Waals surface area contributed by atoms with Crippen LogP contribution in [0.1, 0.15) is 62.3 Å². The maximum absolute atomic E-state index is 7.02. The molecule has 9 aromatic rings. The van der Waals surface area contributed by atoms with Gasteiger partial charge in [0.25, 0.3) is 0 Å². The second-order valence-corrected chi connectivity index (χ2v) is 18.1.